The Bertz CT molecular complexity index is 253. The fourth-order valence-corrected chi connectivity index (χ4v) is 2.31. The van der Waals surface area contributed by atoms with E-state index < -0.39 is 0 Å². The Labute approximate surface area is 92.3 Å². The summed E-state index contributed by atoms with van der Waals surface area (Å²) in [5.74, 6) is 0. The zero-order chi connectivity index (χ0) is 10.8. The van der Waals surface area contributed by atoms with Crippen LogP contribution in [0.2, 0.25) is 0 Å². The topological polar surface area (TPSA) is 30.5 Å². The first kappa shape index (κ1) is 10.8. The van der Waals surface area contributed by atoms with Crippen LogP contribution in [0, 0.1) is 0 Å². The zero-order valence-corrected chi connectivity index (χ0v) is 10.0. The van der Waals surface area contributed by atoms with Gasteiger partial charge in [-0.25, -0.2) is 0 Å². The summed E-state index contributed by atoms with van der Waals surface area (Å²) >= 11 is 0. The highest BCUT2D eigenvalue weighted by atomic mass is 15.3. The van der Waals surface area contributed by atoms with Crippen LogP contribution < -0.4 is 10.6 Å². The van der Waals surface area contributed by atoms with Crippen molar-refractivity contribution in [2.24, 2.45) is 0 Å². The second-order valence-corrected chi connectivity index (χ2v) is 4.69. The molecular weight excluding hydrogens is 188 g/mol. The van der Waals surface area contributed by atoms with Crippen molar-refractivity contribution in [3.05, 3.63) is 11.4 Å². The number of nitrogens with zero attached hydrogens (tertiary/aromatic N) is 2. The predicted octanol–water partition coefficient (Wildman–Crippen LogP) is -0.343. The molecule has 1 unspecified atom stereocenters. The molecule has 4 nitrogen and oxygen atoms in total. The molecule has 1 fully saturated rings. The first-order chi connectivity index (χ1) is 7.20. The van der Waals surface area contributed by atoms with Crippen LogP contribution in [-0.4, -0.2) is 63.2 Å². The van der Waals surface area contributed by atoms with Crippen LogP contribution >= 0.6 is 0 Å². The lowest BCUT2D eigenvalue weighted by molar-refractivity contribution is 0.223. The van der Waals surface area contributed by atoms with E-state index in [0.29, 0.717) is 0 Å². The van der Waals surface area contributed by atoms with Crippen molar-refractivity contribution in [2.45, 2.75) is 12.5 Å². The van der Waals surface area contributed by atoms with Crippen molar-refractivity contribution in [3.8, 4) is 0 Å². The van der Waals surface area contributed by atoms with Crippen molar-refractivity contribution < 1.29 is 0 Å². The van der Waals surface area contributed by atoms with Crippen molar-refractivity contribution in [2.75, 3.05) is 47.3 Å². The lowest BCUT2D eigenvalue weighted by atomic mass is 9.95. The van der Waals surface area contributed by atoms with E-state index in [-0.39, 0.29) is 0 Å². The molecule has 2 bridgehead atoms. The van der Waals surface area contributed by atoms with E-state index in [1.54, 1.807) is 0 Å². The molecule has 0 aromatic heterocycles. The van der Waals surface area contributed by atoms with Crippen LogP contribution in [0.3, 0.4) is 0 Å². The number of nitrogens with one attached hydrogen (secondary N) is 2. The van der Waals surface area contributed by atoms with Crippen LogP contribution in [-0.2, 0) is 0 Å². The van der Waals surface area contributed by atoms with Crippen molar-refractivity contribution in [3.63, 3.8) is 0 Å². The summed E-state index contributed by atoms with van der Waals surface area (Å²) in [6.07, 6.45) is 1.26. The third kappa shape index (κ3) is 2.26. The Hall–Kier alpha value is -0.740. The average molecular weight is 210 g/mol. The van der Waals surface area contributed by atoms with Crippen LogP contribution in [0.5, 0.6) is 0 Å². The van der Waals surface area contributed by atoms with E-state index in [9.17, 15) is 0 Å². The van der Waals surface area contributed by atoms with Crippen LogP contribution in [0.1, 0.15) is 6.42 Å². The van der Waals surface area contributed by atoms with Crippen molar-refractivity contribution in [1.29, 1.82) is 0 Å². The summed E-state index contributed by atoms with van der Waals surface area (Å²) in [5, 5.41) is 6.70. The van der Waals surface area contributed by atoms with Gasteiger partial charge in [0.15, 0.2) is 0 Å². The summed E-state index contributed by atoms with van der Waals surface area (Å²) < 4.78 is 0. The molecule has 0 aromatic carbocycles. The molecule has 3 heterocycles. The van der Waals surface area contributed by atoms with Crippen LogP contribution in [0.15, 0.2) is 11.4 Å². The minimum Gasteiger partial charge on any atom is -0.382 e. The fraction of sp³-hybridized carbons (Fsp3) is 0.818. The van der Waals surface area contributed by atoms with Crippen LogP contribution in [0.25, 0.3) is 0 Å². The molecule has 86 valence electrons. The second kappa shape index (κ2) is 4.41. The first-order valence-electron chi connectivity index (χ1n) is 5.73. The molecule has 0 saturated carbocycles. The van der Waals surface area contributed by atoms with E-state index in [1.165, 1.54) is 24.4 Å². The molecule has 1 saturated heterocycles. The van der Waals surface area contributed by atoms with Gasteiger partial charge in [0.25, 0.3) is 0 Å². The van der Waals surface area contributed by atoms with E-state index in [0.717, 1.165) is 25.7 Å². The van der Waals surface area contributed by atoms with Gasteiger partial charge in [0.2, 0.25) is 0 Å². The van der Waals surface area contributed by atoms with E-state index in [2.05, 4.69) is 34.5 Å². The van der Waals surface area contributed by atoms with Gasteiger partial charge in [0.05, 0.1) is 0 Å². The summed E-state index contributed by atoms with van der Waals surface area (Å²) in [4.78, 5) is 4.77. The molecule has 0 amide bonds. The van der Waals surface area contributed by atoms with Gasteiger partial charge in [-0.15, -0.1) is 0 Å². The smallest absolute Gasteiger partial charge is 0.0489 e. The van der Waals surface area contributed by atoms with Crippen molar-refractivity contribution >= 4 is 0 Å². The molecular formula is C11H22N4. The highest BCUT2D eigenvalue weighted by Crippen LogP contribution is 2.28. The minimum absolute atomic E-state index is 0.719. The number of fused-ring (bicyclic) bond motifs is 2. The number of hydrogen-bond donors (Lipinski definition) is 2. The fourth-order valence-electron chi connectivity index (χ4n) is 2.31. The summed E-state index contributed by atoms with van der Waals surface area (Å²) in [6.45, 7) is 4.38. The molecule has 1 atom stereocenters. The molecule has 3 aliphatic heterocycles. The summed E-state index contributed by atoms with van der Waals surface area (Å²) in [6, 6.07) is 0.719. The maximum atomic E-state index is 3.52. The van der Waals surface area contributed by atoms with Gasteiger partial charge in [-0.2, -0.15) is 0 Å². The van der Waals surface area contributed by atoms with Gasteiger partial charge < -0.3 is 15.5 Å². The Balaban J connectivity index is 1.87. The standard InChI is InChI=1S/C11H22N4/c1-12-4-5-14(2)8-11-10-6-9(13-10)7-15(11)3/h9,12-13H,4-8H2,1-3H3. The zero-order valence-electron chi connectivity index (χ0n) is 10.0. The molecule has 0 radical (unpaired) electrons. The molecule has 3 aliphatic rings. The maximum Gasteiger partial charge on any atom is 0.0489 e. The Morgan fingerprint density at radius 1 is 1.60 bits per heavy atom. The van der Waals surface area contributed by atoms with E-state index in [4.69, 9.17) is 0 Å². The van der Waals surface area contributed by atoms with Gasteiger partial charge >= 0.3 is 0 Å². The van der Waals surface area contributed by atoms with Gasteiger partial charge in [0.1, 0.15) is 0 Å². The number of rotatable bonds is 5. The number of likely N-dealkylation sites (N-methyl/N-ethyl adjacent to an activating group) is 3. The molecule has 2 N–H and O–H groups in total. The second-order valence-electron chi connectivity index (χ2n) is 4.69. The highest BCUT2D eigenvalue weighted by molar-refractivity contribution is 5.26. The Morgan fingerprint density at radius 3 is 2.93 bits per heavy atom. The van der Waals surface area contributed by atoms with Gasteiger partial charge in [0, 0.05) is 57.1 Å². The lowest BCUT2D eigenvalue weighted by Gasteiger charge is -2.46. The lowest BCUT2D eigenvalue weighted by Crippen LogP contribution is -2.55. The van der Waals surface area contributed by atoms with Gasteiger partial charge in [-0.3, -0.25) is 4.90 Å². The minimum atomic E-state index is 0.719. The maximum absolute atomic E-state index is 3.52. The third-order valence-corrected chi connectivity index (χ3v) is 3.30. The Morgan fingerprint density at radius 2 is 2.33 bits per heavy atom. The molecule has 0 aromatic rings. The van der Waals surface area contributed by atoms with E-state index in [1.807, 2.05) is 7.05 Å². The first-order valence-corrected chi connectivity index (χ1v) is 5.73. The molecule has 0 aliphatic carbocycles. The molecule has 0 spiro atoms. The molecule has 3 rings (SSSR count). The van der Waals surface area contributed by atoms with Crippen LogP contribution in [0.4, 0.5) is 0 Å². The quantitative estimate of drug-likeness (QED) is 0.650. The summed E-state index contributed by atoms with van der Waals surface area (Å²) in [5.41, 5.74) is 2.95. The molecule has 15 heavy (non-hydrogen) atoms. The van der Waals surface area contributed by atoms with Gasteiger partial charge in [-0.1, -0.05) is 0 Å². The predicted molar refractivity (Wildman–Crippen MR) is 62.6 cm³/mol. The van der Waals surface area contributed by atoms with Gasteiger partial charge in [-0.05, 0) is 14.1 Å². The molecule has 4 heteroatoms. The third-order valence-electron chi connectivity index (χ3n) is 3.30. The highest BCUT2D eigenvalue weighted by Gasteiger charge is 2.33. The monoisotopic (exact) mass is 210 g/mol. The summed E-state index contributed by atoms with van der Waals surface area (Å²) in [7, 11) is 6.39. The Kier molecular flexibility index (Phi) is 3.17. The van der Waals surface area contributed by atoms with Crippen molar-refractivity contribution in [1.82, 2.24) is 20.4 Å². The normalized spacial score (nSPS) is 24.3. The SMILES string of the molecule is CNCCN(C)CC1=C2CC(CN1C)N2. The number of hydrogen-bond acceptors (Lipinski definition) is 4. The largest absolute Gasteiger partial charge is 0.382 e. The average Bonchev–Trinajstić information content (AvgIpc) is 2.16. The van der Waals surface area contributed by atoms with E-state index >= 15 is 0 Å².